The molecule has 5 heteroatoms. The van der Waals surface area contributed by atoms with Crippen LogP contribution in [0.25, 0.3) is 10.9 Å². The molecule has 23 heavy (non-hydrogen) atoms. The Hall–Kier alpha value is -3.26. The predicted molar refractivity (Wildman–Crippen MR) is 86.7 cm³/mol. The number of nitrogens with zero attached hydrogens (tertiary/aromatic N) is 2. The molecule has 0 aliphatic rings. The quantitative estimate of drug-likeness (QED) is 0.807. The minimum Gasteiger partial charge on any atom is -0.506 e. The molecule has 0 unspecified atom stereocenters. The van der Waals surface area contributed by atoms with Crippen LogP contribution in [0.1, 0.15) is 11.1 Å². The second kappa shape index (κ2) is 5.85. The van der Waals surface area contributed by atoms with Gasteiger partial charge in [-0.3, -0.25) is 4.79 Å². The fraction of sp³-hybridized carbons (Fsp3) is 0.111. The van der Waals surface area contributed by atoms with Crippen LogP contribution >= 0.6 is 0 Å². The van der Waals surface area contributed by atoms with Crippen molar-refractivity contribution in [2.75, 3.05) is 7.11 Å². The molecule has 0 aliphatic carbocycles. The Labute approximate surface area is 132 Å². The van der Waals surface area contributed by atoms with Crippen molar-refractivity contribution in [1.29, 1.82) is 5.26 Å². The summed E-state index contributed by atoms with van der Waals surface area (Å²) in [4.78, 5) is 12.5. The van der Waals surface area contributed by atoms with Crippen molar-refractivity contribution in [2.45, 2.75) is 6.54 Å². The van der Waals surface area contributed by atoms with Crippen molar-refractivity contribution < 1.29 is 9.84 Å². The number of pyridine rings is 1. The number of hydrogen-bond acceptors (Lipinski definition) is 4. The molecule has 1 N–H and O–H groups in total. The van der Waals surface area contributed by atoms with Gasteiger partial charge in [-0.1, -0.05) is 24.3 Å². The Bertz CT molecular complexity index is 966. The zero-order chi connectivity index (χ0) is 16.4. The topological polar surface area (TPSA) is 75.2 Å². The van der Waals surface area contributed by atoms with Crippen LogP contribution in [0.5, 0.6) is 11.5 Å². The summed E-state index contributed by atoms with van der Waals surface area (Å²) in [5.41, 5.74) is 0.745. The SMILES string of the molecule is COc1ccc(Cn2c(=O)c(C#N)c(O)c3ccccc32)cc1. The standard InChI is InChI=1S/C18H14N2O3/c1-23-13-8-6-12(7-9-13)11-20-16-5-3-2-4-14(16)17(21)15(10-19)18(20)22/h2-9,21H,11H2,1H3. The Kier molecular flexibility index (Phi) is 3.73. The van der Waals surface area contributed by atoms with E-state index in [1.807, 2.05) is 24.3 Å². The van der Waals surface area contributed by atoms with E-state index in [2.05, 4.69) is 0 Å². The fourth-order valence-corrected chi connectivity index (χ4v) is 2.56. The zero-order valence-corrected chi connectivity index (χ0v) is 12.5. The molecule has 0 aliphatic heterocycles. The lowest BCUT2D eigenvalue weighted by Gasteiger charge is -2.13. The summed E-state index contributed by atoms with van der Waals surface area (Å²) in [6.07, 6.45) is 0. The summed E-state index contributed by atoms with van der Waals surface area (Å²) in [5, 5.41) is 19.8. The molecule has 0 saturated heterocycles. The second-order valence-corrected chi connectivity index (χ2v) is 5.09. The first-order valence-corrected chi connectivity index (χ1v) is 7.03. The van der Waals surface area contributed by atoms with E-state index >= 15 is 0 Å². The summed E-state index contributed by atoms with van der Waals surface area (Å²) in [5.74, 6) is 0.466. The van der Waals surface area contributed by atoms with E-state index in [4.69, 9.17) is 4.74 Å². The number of hydrogen-bond donors (Lipinski definition) is 1. The zero-order valence-electron chi connectivity index (χ0n) is 12.5. The van der Waals surface area contributed by atoms with Crippen LogP contribution in [0.15, 0.2) is 53.3 Å². The molecule has 0 atom stereocenters. The highest BCUT2D eigenvalue weighted by Crippen LogP contribution is 2.26. The van der Waals surface area contributed by atoms with Crippen LogP contribution in [0.3, 0.4) is 0 Å². The summed E-state index contributed by atoms with van der Waals surface area (Å²) in [6, 6.07) is 16.1. The van der Waals surface area contributed by atoms with Gasteiger partial charge in [0.1, 0.15) is 17.6 Å². The summed E-state index contributed by atoms with van der Waals surface area (Å²) >= 11 is 0. The van der Waals surface area contributed by atoms with Crippen molar-refractivity contribution in [1.82, 2.24) is 4.57 Å². The van der Waals surface area contributed by atoms with E-state index in [0.717, 1.165) is 11.3 Å². The first kappa shape index (κ1) is 14.7. The molecule has 3 aromatic rings. The van der Waals surface area contributed by atoms with Crippen molar-refractivity contribution in [3.05, 3.63) is 70.0 Å². The molecule has 5 nitrogen and oxygen atoms in total. The van der Waals surface area contributed by atoms with E-state index in [0.29, 0.717) is 17.4 Å². The number of ether oxygens (including phenoxy) is 1. The first-order chi connectivity index (χ1) is 11.2. The number of rotatable bonds is 3. The minimum absolute atomic E-state index is 0.239. The van der Waals surface area contributed by atoms with E-state index in [1.54, 1.807) is 37.4 Å². The van der Waals surface area contributed by atoms with Crippen molar-refractivity contribution in [3.8, 4) is 17.6 Å². The molecule has 0 radical (unpaired) electrons. The van der Waals surface area contributed by atoms with Gasteiger partial charge >= 0.3 is 0 Å². The molecule has 1 heterocycles. The lowest BCUT2D eigenvalue weighted by molar-refractivity contribution is 0.414. The number of methoxy groups -OCH3 is 1. The third kappa shape index (κ3) is 2.51. The molecule has 0 amide bonds. The Balaban J connectivity index is 2.20. The smallest absolute Gasteiger partial charge is 0.273 e. The highest BCUT2D eigenvalue weighted by molar-refractivity contribution is 5.87. The predicted octanol–water partition coefficient (Wildman–Crippen LogP) is 2.64. The molecule has 0 bridgehead atoms. The first-order valence-electron chi connectivity index (χ1n) is 7.03. The van der Waals surface area contributed by atoms with Gasteiger partial charge in [-0.25, -0.2) is 0 Å². The Morgan fingerprint density at radius 1 is 1.17 bits per heavy atom. The maximum atomic E-state index is 12.5. The van der Waals surface area contributed by atoms with Gasteiger partial charge in [-0.15, -0.1) is 0 Å². The van der Waals surface area contributed by atoms with Gasteiger partial charge < -0.3 is 14.4 Å². The van der Waals surface area contributed by atoms with Crippen LogP contribution in [0, 0.1) is 11.3 Å². The molecule has 0 spiro atoms. The Morgan fingerprint density at radius 2 is 1.87 bits per heavy atom. The maximum absolute atomic E-state index is 12.5. The van der Waals surface area contributed by atoms with Crippen LogP contribution in [-0.4, -0.2) is 16.8 Å². The lowest BCUT2D eigenvalue weighted by atomic mass is 10.1. The molecular formula is C18H14N2O3. The van der Waals surface area contributed by atoms with Gasteiger partial charge in [0, 0.05) is 5.39 Å². The number of nitriles is 1. The number of para-hydroxylation sites is 1. The number of benzene rings is 2. The number of aromatic hydroxyl groups is 1. The summed E-state index contributed by atoms with van der Waals surface area (Å²) in [6.45, 7) is 0.304. The minimum atomic E-state index is -0.500. The lowest BCUT2D eigenvalue weighted by Crippen LogP contribution is -2.23. The number of aromatic nitrogens is 1. The third-order valence-electron chi connectivity index (χ3n) is 3.76. The van der Waals surface area contributed by atoms with Gasteiger partial charge in [0.05, 0.1) is 19.2 Å². The van der Waals surface area contributed by atoms with Gasteiger partial charge in [0.15, 0.2) is 5.56 Å². The Morgan fingerprint density at radius 3 is 2.52 bits per heavy atom. The molecule has 1 aromatic heterocycles. The van der Waals surface area contributed by atoms with Gasteiger partial charge in [-0.2, -0.15) is 5.26 Å². The van der Waals surface area contributed by atoms with Crippen LogP contribution in [0.4, 0.5) is 0 Å². The molecule has 0 fully saturated rings. The van der Waals surface area contributed by atoms with Crippen molar-refractivity contribution in [2.24, 2.45) is 0 Å². The van der Waals surface area contributed by atoms with Crippen molar-refractivity contribution >= 4 is 10.9 Å². The molecular weight excluding hydrogens is 292 g/mol. The highest BCUT2D eigenvalue weighted by atomic mass is 16.5. The molecule has 3 rings (SSSR count). The molecule has 2 aromatic carbocycles. The normalized spacial score (nSPS) is 10.4. The fourth-order valence-electron chi connectivity index (χ4n) is 2.56. The van der Waals surface area contributed by atoms with Crippen molar-refractivity contribution in [3.63, 3.8) is 0 Å². The largest absolute Gasteiger partial charge is 0.506 e. The van der Waals surface area contributed by atoms with E-state index in [-0.39, 0.29) is 11.3 Å². The number of fused-ring (bicyclic) bond motifs is 1. The van der Waals surface area contributed by atoms with E-state index in [1.165, 1.54) is 4.57 Å². The highest BCUT2D eigenvalue weighted by Gasteiger charge is 2.15. The molecule has 0 saturated carbocycles. The molecule has 114 valence electrons. The van der Waals surface area contributed by atoms with Crippen LogP contribution in [-0.2, 0) is 6.54 Å². The van der Waals surface area contributed by atoms with E-state index in [9.17, 15) is 15.2 Å². The van der Waals surface area contributed by atoms with Crippen LogP contribution < -0.4 is 10.3 Å². The summed E-state index contributed by atoms with van der Waals surface area (Å²) < 4.78 is 6.62. The van der Waals surface area contributed by atoms with Gasteiger partial charge in [-0.05, 0) is 29.8 Å². The van der Waals surface area contributed by atoms with Crippen LogP contribution in [0.2, 0.25) is 0 Å². The summed E-state index contributed by atoms with van der Waals surface area (Å²) in [7, 11) is 1.59. The average Bonchev–Trinajstić information content (AvgIpc) is 2.59. The van der Waals surface area contributed by atoms with Gasteiger partial charge in [0.2, 0.25) is 0 Å². The van der Waals surface area contributed by atoms with Gasteiger partial charge in [0.25, 0.3) is 5.56 Å². The average molecular weight is 306 g/mol. The maximum Gasteiger partial charge on any atom is 0.273 e. The second-order valence-electron chi connectivity index (χ2n) is 5.09. The monoisotopic (exact) mass is 306 g/mol. The van der Waals surface area contributed by atoms with E-state index < -0.39 is 5.56 Å². The third-order valence-corrected chi connectivity index (χ3v) is 3.76.